The van der Waals surface area contributed by atoms with Gasteiger partial charge in [0, 0.05) is 42.4 Å². The first kappa shape index (κ1) is 20.7. The molecule has 162 valence electrons. The predicted octanol–water partition coefficient (Wildman–Crippen LogP) is 5.15. The molecule has 2 saturated carbocycles. The standard InChI is InChI=1S/C29H29NO2/c1-20-24(19-30(3)23-17-11-6-12-18-23)27(32)28(2)26(25(20)31)29(28,21-13-7-4-8-14-21)22-15-9-5-10-16-22/h4-18,20,24,26H,19H2,1-3H3/t20-,24-,26-,28-/m0/s1. The molecule has 0 radical (unpaired) electrons. The van der Waals surface area contributed by atoms with E-state index >= 15 is 0 Å². The van der Waals surface area contributed by atoms with Crippen LogP contribution in [0.15, 0.2) is 91.0 Å². The Bertz CT molecular complexity index is 1100. The second-order valence-corrected chi connectivity index (χ2v) is 9.55. The maximum Gasteiger partial charge on any atom is 0.146 e. The molecular formula is C29H29NO2. The topological polar surface area (TPSA) is 37.4 Å². The quantitative estimate of drug-likeness (QED) is 0.570. The van der Waals surface area contributed by atoms with Crippen LogP contribution in [-0.2, 0) is 15.0 Å². The highest BCUT2D eigenvalue weighted by Crippen LogP contribution is 2.76. The molecule has 0 unspecified atom stereocenters. The Morgan fingerprint density at radius 2 is 1.25 bits per heavy atom. The van der Waals surface area contributed by atoms with Gasteiger partial charge in [-0.2, -0.15) is 0 Å². The van der Waals surface area contributed by atoms with E-state index in [4.69, 9.17) is 0 Å². The Hall–Kier alpha value is -3.20. The van der Waals surface area contributed by atoms with E-state index in [1.54, 1.807) is 0 Å². The highest BCUT2D eigenvalue weighted by atomic mass is 16.1. The number of fused-ring (bicyclic) bond motifs is 1. The van der Waals surface area contributed by atoms with Gasteiger partial charge in [0.1, 0.15) is 11.6 Å². The van der Waals surface area contributed by atoms with Crippen LogP contribution < -0.4 is 4.90 Å². The van der Waals surface area contributed by atoms with Gasteiger partial charge in [0.2, 0.25) is 0 Å². The fraction of sp³-hybridized carbons (Fsp3) is 0.310. The van der Waals surface area contributed by atoms with Crippen LogP contribution in [0.2, 0.25) is 0 Å². The smallest absolute Gasteiger partial charge is 0.146 e. The number of carbonyl (C=O) groups excluding carboxylic acids is 2. The molecule has 4 atom stereocenters. The van der Waals surface area contributed by atoms with Crippen LogP contribution in [0, 0.1) is 23.2 Å². The second kappa shape index (κ2) is 7.44. The minimum Gasteiger partial charge on any atom is -0.374 e. The van der Waals surface area contributed by atoms with E-state index in [0.29, 0.717) is 6.54 Å². The van der Waals surface area contributed by atoms with Crippen LogP contribution in [0.3, 0.4) is 0 Å². The zero-order valence-electron chi connectivity index (χ0n) is 18.9. The summed E-state index contributed by atoms with van der Waals surface area (Å²) in [7, 11) is 2.00. The monoisotopic (exact) mass is 423 g/mol. The van der Waals surface area contributed by atoms with Crippen LogP contribution in [0.1, 0.15) is 25.0 Å². The van der Waals surface area contributed by atoms with Gasteiger partial charge in [-0.25, -0.2) is 0 Å². The molecule has 3 nitrogen and oxygen atoms in total. The first-order chi connectivity index (χ1) is 15.4. The Kier molecular flexibility index (Phi) is 4.81. The number of hydrogen-bond donors (Lipinski definition) is 0. The number of hydrogen-bond acceptors (Lipinski definition) is 3. The molecule has 2 aliphatic carbocycles. The summed E-state index contributed by atoms with van der Waals surface area (Å²) in [6.07, 6.45) is 0. The molecule has 0 bridgehead atoms. The summed E-state index contributed by atoms with van der Waals surface area (Å²) >= 11 is 0. The molecule has 0 N–H and O–H groups in total. The van der Waals surface area contributed by atoms with E-state index in [1.165, 1.54) is 0 Å². The number of benzene rings is 3. The highest BCUT2D eigenvalue weighted by Gasteiger charge is 2.83. The summed E-state index contributed by atoms with van der Waals surface area (Å²) in [5.74, 6) is -0.527. The van der Waals surface area contributed by atoms with Crippen molar-refractivity contribution in [2.75, 3.05) is 18.5 Å². The van der Waals surface area contributed by atoms with Crippen molar-refractivity contribution < 1.29 is 9.59 Å². The van der Waals surface area contributed by atoms with Crippen molar-refractivity contribution in [1.82, 2.24) is 0 Å². The van der Waals surface area contributed by atoms with Gasteiger partial charge in [0.15, 0.2) is 0 Å². The molecule has 0 spiro atoms. The number of Topliss-reactive ketones (excluding diaryl/α,β-unsaturated/α-hetero) is 2. The Morgan fingerprint density at radius 1 is 0.781 bits per heavy atom. The molecule has 3 aromatic carbocycles. The van der Waals surface area contributed by atoms with E-state index in [9.17, 15) is 9.59 Å². The first-order valence-electron chi connectivity index (χ1n) is 11.4. The molecule has 2 aliphatic rings. The van der Waals surface area contributed by atoms with Crippen LogP contribution >= 0.6 is 0 Å². The minimum absolute atomic E-state index is 0.213. The average Bonchev–Trinajstić information content (AvgIpc) is 3.44. The van der Waals surface area contributed by atoms with E-state index in [0.717, 1.165) is 16.8 Å². The van der Waals surface area contributed by atoms with Gasteiger partial charge in [-0.1, -0.05) is 92.7 Å². The molecule has 3 aromatic rings. The van der Waals surface area contributed by atoms with Crippen molar-refractivity contribution in [2.45, 2.75) is 19.3 Å². The summed E-state index contributed by atoms with van der Waals surface area (Å²) in [5, 5.41) is 0. The Labute approximate surface area is 190 Å². The molecule has 5 rings (SSSR count). The van der Waals surface area contributed by atoms with Crippen molar-refractivity contribution in [2.24, 2.45) is 23.2 Å². The maximum absolute atomic E-state index is 14.2. The van der Waals surface area contributed by atoms with Gasteiger partial charge in [-0.15, -0.1) is 0 Å². The molecule has 0 aliphatic heterocycles. The SMILES string of the molecule is C[C@@H]1C(=O)[C@@H]2C(c3ccccc3)(c3ccccc3)[C@]2(C)C(=O)[C@H]1CN(C)c1ccccc1. The maximum atomic E-state index is 14.2. The average molecular weight is 424 g/mol. The zero-order valence-corrected chi connectivity index (χ0v) is 18.9. The van der Waals surface area contributed by atoms with Crippen LogP contribution in [0.25, 0.3) is 0 Å². The fourth-order valence-corrected chi connectivity index (χ4v) is 6.35. The third-order valence-electron chi connectivity index (χ3n) is 8.06. The minimum atomic E-state index is -0.735. The normalized spacial score (nSPS) is 28.2. The molecule has 3 heteroatoms. The molecule has 2 fully saturated rings. The van der Waals surface area contributed by atoms with Crippen molar-refractivity contribution in [1.29, 1.82) is 0 Å². The number of carbonyl (C=O) groups is 2. The van der Waals surface area contributed by atoms with Gasteiger partial charge in [0.05, 0.1) is 5.41 Å². The third kappa shape index (κ3) is 2.67. The van der Waals surface area contributed by atoms with Gasteiger partial charge < -0.3 is 4.90 Å². The lowest BCUT2D eigenvalue weighted by Gasteiger charge is -2.34. The number of ketones is 2. The van der Waals surface area contributed by atoms with Crippen LogP contribution in [-0.4, -0.2) is 25.2 Å². The lowest BCUT2D eigenvalue weighted by Crippen LogP contribution is -2.45. The van der Waals surface area contributed by atoms with Gasteiger partial charge in [-0.05, 0) is 23.3 Å². The van der Waals surface area contributed by atoms with Crippen LogP contribution in [0.4, 0.5) is 5.69 Å². The van der Waals surface area contributed by atoms with Gasteiger partial charge >= 0.3 is 0 Å². The summed E-state index contributed by atoms with van der Waals surface area (Å²) < 4.78 is 0. The largest absolute Gasteiger partial charge is 0.374 e. The Balaban J connectivity index is 1.59. The van der Waals surface area contributed by atoms with Gasteiger partial charge in [0.25, 0.3) is 0 Å². The van der Waals surface area contributed by atoms with E-state index in [1.807, 2.05) is 87.6 Å². The van der Waals surface area contributed by atoms with Crippen molar-refractivity contribution in [3.8, 4) is 0 Å². The summed E-state index contributed by atoms with van der Waals surface area (Å²) in [4.78, 5) is 30.1. The highest BCUT2D eigenvalue weighted by molar-refractivity contribution is 6.10. The van der Waals surface area contributed by atoms with Gasteiger partial charge in [-0.3, -0.25) is 9.59 Å². The van der Waals surface area contributed by atoms with Crippen LogP contribution in [0.5, 0.6) is 0 Å². The molecular weight excluding hydrogens is 394 g/mol. The summed E-state index contributed by atoms with van der Waals surface area (Å²) in [5.41, 5.74) is 1.84. The second-order valence-electron chi connectivity index (χ2n) is 9.55. The zero-order chi connectivity index (χ0) is 22.5. The Morgan fingerprint density at radius 3 is 1.75 bits per heavy atom. The molecule has 0 heterocycles. The summed E-state index contributed by atoms with van der Waals surface area (Å²) in [6, 6.07) is 30.4. The lowest BCUT2D eigenvalue weighted by atomic mass is 9.72. The number of para-hydroxylation sites is 1. The van der Waals surface area contributed by atoms with E-state index in [-0.39, 0.29) is 29.3 Å². The van der Waals surface area contributed by atoms with E-state index < -0.39 is 10.8 Å². The molecule has 0 saturated heterocycles. The number of anilines is 1. The number of rotatable bonds is 5. The lowest BCUT2D eigenvalue weighted by molar-refractivity contribution is -0.141. The molecule has 32 heavy (non-hydrogen) atoms. The van der Waals surface area contributed by atoms with Crippen molar-refractivity contribution >= 4 is 17.3 Å². The number of nitrogens with zero attached hydrogens (tertiary/aromatic N) is 1. The van der Waals surface area contributed by atoms with E-state index in [2.05, 4.69) is 29.2 Å². The first-order valence-corrected chi connectivity index (χ1v) is 11.4. The molecule has 0 amide bonds. The fourth-order valence-electron chi connectivity index (χ4n) is 6.35. The van der Waals surface area contributed by atoms with Crippen molar-refractivity contribution in [3.63, 3.8) is 0 Å². The molecule has 0 aromatic heterocycles. The summed E-state index contributed by atoms with van der Waals surface area (Å²) in [6.45, 7) is 4.51. The third-order valence-corrected chi connectivity index (χ3v) is 8.06. The van der Waals surface area contributed by atoms with Crippen molar-refractivity contribution in [3.05, 3.63) is 102 Å². The predicted molar refractivity (Wildman–Crippen MR) is 128 cm³/mol.